The molecule has 1 aliphatic heterocycles. The molecule has 0 fully saturated rings. The van der Waals surface area contributed by atoms with E-state index in [-0.39, 0.29) is 19.1 Å². The van der Waals surface area contributed by atoms with Crippen molar-refractivity contribution >= 4 is 46.7 Å². The van der Waals surface area contributed by atoms with E-state index in [0.717, 1.165) is 6.54 Å². The summed E-state index contributed by atoms with van der Waals surface area (Å²) in [6, 6.07) is 11.7. The molecule has 194 valence electrons. The van der Waals surface area contributed by atoms with Crippen LogP contribution in [0.5, 0.6) is 5.75 Å². The molecule has 37 heavy (non-hydrogen) atoms. The number of carbonyl (C=O) groups excluding carboxylic acids is 1. The number of carbonyl (C=O) groups is 1. The largest absolute Gasteiger partial charge is 0.492 e. The van der Waals surface area contributed by atoms with E-state index in [4.69, 9.17) is 32.7 Å². The van der Waals surface area contributed by atoms with Crippen molar-refractivity contribution in [2.24, 2.45) is 10.1 Å². The Labute approximate surface area is 225 Å². The van der Waals surface area contributed by atoms with E-state index in [1.54, 1.807) is 30.5 Å². The maximum absolute atomic E-state index is 12.3. The molecule has 0 bridgehead atoms. The summed E-state index contributed by atoms with van der Waals surface area (Å²) in [5.74, 6) is 0.823. The maximum Gasteiger partial charge on any atom is 0.408 e. The quantitative estimate of drug-likeness (QED) is 0.211. The van der Waals surface area contributed by atoms with Crippen LogP contribution >= 0.6 is 23.2 Å². The van der Waals surface area contributed by atoms with Gasteiger partial charge in [-0.3, -0.25) is 0 Å². The van der Waals surface area contributed by atoms with Gasteiger partial charge in [-0.05, 0) is 38.4 Å². The number of rotatable bonds is 9. The molecule has 0 aromatic heterocycles. The zero-order valence-electron chi connectivity index (χ0n) is 20.4. The van der Waals surface area contributed by atoms with Crippen molar-refractivity contribution in [3.8, 4) is 11.9 Å². The number of hydrazone groups is 1. The third-order valence-electron chi connectivity index (χ3n) is 5.05. The number of nitriles is 1. The first-order chi connectivity index (χ1) is 17.8. The van der Waals surface area contributed by atoms with Gasteiger partial charge in [0, 0.05) is 23.9 Å². The van der Waals surface area contributed by atoms with Crippen LogP contribution in [-0.2, 0) is 4.74 Å². The summed E-state index contributed by atoms with van der Waals surface area (Å²) in [5.41, 5.74) is 1.77. The van der Waals surface area contributed by atoms with Gasteiger partial charge in [-0.25, -0.2) is 9.80 Å². The van der Waals surface area contributed by atoms with Crippen molar-refractivity contribution in [1.82, 2.24) is 15.2 Å². The lowest BCUT2D eigenvalue weighted by molar-refractivity contribution is 0.156. The van der Waals surface area contributed by atoms with Gasteiger partial charge in [0.05, 0.1) is 28.3 Å². The average Bonchev–Trinajstić information content (AvgIpc) is 3.27. The van der Waals surface area contributed by atoms with Crippen LogP contribution in [0, 0.1) is 11.5 Å². The second-order valence-corrected chi connectivity index (χ2v) is 8.93. The van der Waals surface area contributed by atoms with Crippen LogP contribution in [-0.4, -0.2) is 74.1 Å². The minimum absolute atomic E-state index is 0.0527. The molecule has 0 saturated carbocycles. The van der Waals surface area contributed by atoms with Crippen molar-refractivity contribution in [3.05, 3.63) is 70.7 Å². The average molecular weight is 544 g/mol. The predicted molar refractivity (Wildman–Crippen MR) is 145 cm³/mol. The smallest absolute Gasteiger partial charge is 0.408 e. The van der Waals surface area contributed by atoms with E-state index in [9.17, 15) is 10.1 Å². The van der Waals surface area contributed by atoms with Crippen molar-refractivity contribution in [2.45, 2.75) is 6.04 Å². The molecule has 2 N–H and O–H groups in total. The highest BCUT2D eigenvalue weighted by molar-refractivity contribution is 6.42. The fourth-order valence-electron chi connectivity index (χ4n) is 3.32. The number of benzene rings is 2. The lowest BCUT2D eigenvalue weighted by Gasteiger charge is -2.19. The second kappa shape index (κ2) is 13.5. The number of likely N-dealkylation sites (N-methyl/N-ethyl adjacent to an activating group) is 1. The zero-order chi connectivity index (χ0) is 26.8. The Morgan fingerprint density at radius 3 is 2.84 bits per heavy atom. The Kier molecular flexibility index (Phi) is 10.1. The van der Waals surface area contributed by atoms with Gasteiger partial charge in [0.25, 0.3) is 0 Å². The fourth-order valence-corrected chi connectivity index (χ4v) is 3.62. The number of anilines is 1. The second-order valence-electron chi connectivity index (χ2n) is 8.12. The van der Waals surface area contributed by atoms with Crippen LogP contribution in [0.3, 0.4) is 0 Å². The van der Waals surface area contributed by atoms with Crippen LogP contribution in [0.4, 0.5) is 10.5 Å². The van der Waals surface area contributed by atoms with Crippen molar-refractivity contribution < 1.29 is 14.3 Å². The molecule has 0 aliphatic carbocycles. The van der Waals surface area contributed by atoms with Crippen LogP contribution in [0.25, 0.3) is 0 Å². The van der Waals surface area contributed by atoms with E-state index in [1.165, 1.54) is 11.1 Å². The normalized spacial score (nSPS) is 15.1. The van der Waals surface area contributed by atoms with E-state index in [2.05, 4.69) is 27.3 Å². The third-order valence-corrected chi connectivity index (χ3v) is 5.79. The van der Waals surface area contributed by atoms with Gasteiger partial charge in [0.15, 0.2) is 0 Å². The number of ether oxygens (including phenoxy) is 2. The summed E-state index contributed by atoms with van der Waals surface area (Å²) in [6.45, 7) is 5.05. The highest BCUT2D eigenvalue weighted by Gasteiger charge is 2.32. The van der Waals surface area contributed by atoms with Crippen LogP contribution < -0.4 is 15.4 Å². The molecular weight excluding hydrogens is 517 g/mol. The first-order valence-electron chi connectivity index (χ1n) is 11.3. The fraction of sp³-hybridized carbons (Fsp3) is 0.280. The number of nitrogens with zero attached hydrogens (tertiary/aromatic N) is 5. The zero-order valence-corrected chi connectivity index (χ0v) is 22.0. The van der Waals surface area contributed by atoms with E-state index in [1.807, 2.05) is 37.2 Å². The molecule has 0 saturated heterocycles. The van der Waals surface area contributed by atoms with Crippen LogP contribution in [0.2, 0.25) is 10.0 Å². The first kappa shape index (κ1) is 27.8. The summed E-state index contributed by atoms with van der Waals surface area (Å²) in [6.07, 6.45) is 2.62. The Morgan fingerprint density at radius 2 is 2.14 bits per heavy atom. The lowest BCUT2D eigenvalue weighted by Crippen LogP contribution is -2.44. The van der Waals surface area contributed by atoms with E-state index < -0.39 is 12.1 Å². The third kappa shape index (κ3) is 8.11. The topological polar surface area (TPSA) is 115 Å². The molecule has 0 radical (unpaired) electrons. The van der Waals surface area contributed by atoms with E-state index >= 15 is 0 Å². The summed E-state index contributed by atoms with van der Waals surface area (Å²) in [5, 5.41) is 22.1. The summed E-state index contributed by atoms with van der Waals surface area (Å²) < 4.78 is 10.9. The van der Waals surface area contributed by atoms with Gasteiger partial charge in [0.2, 0.25) is 12.2 Å². The molecule has 0 spiro atoms. The summed E-state index contributed by atoms with van der Waals surface area (Å²) in [4.78, 5) is 18.2. The predicted octanol–water partition coefficient (Wildman–Crippen LogP) is 4.18. The number of halogens is 2. The molecule has 12 heteroatoms. The first-order valence-corrected chi connectivity index (χ1v) is 12.0. The lowest BCUT2D eigenvalue weighted by atomic mass is 10.0. The monoisotopic (exact) mass is 543 g/mol. The van der Waals surface area contributed by atoms with E-state index in [0.29, 0.717) is 39.4 Å². The Bertz CT molecular complexity index is 1230. The van der Waals surface area contributed by atoms with Crippen molar-refractivity contribution in [3.63, 3.8) is 0 Å². The highest BCUT2D eigenvalue weighted by atomic mass is 35.5. The van der Waals surface area contributed by atoms with Gasteiger partial charge < -0.3 is 25.0 Å². The van der Waals surface area contributed by atoms with Gasteiger partial charge in [-0.2, -0.15) is 10.4 Å². The Balaban J connectivity index is 1.85. The molecule has 1 aliphatic rings. The minimum Gasteiger partial charge on any atom is -0.492 e. The van der Waals surface area contributed by atoms with Crippen molar-refractivity contribution in [1.29, 1.82) is 5.26 Å². The molecular formula is C25H27Cl2N7O3. The Morgan fingerprint density at radius 1 is 1.32 bits per heavy atom. The number of amides is 1. The summed E-state index contributed by atoms with van der Waals surface area (Å²) in [7, 11) is 3.94. The number of nitrogens with one attached hydrogen (secondary N) is 2. The molecule has 0 unspecified atom stereocenters. The van der Waals surface area contributed by atoms with Crippen LogP contribution in [0.1, 0.15) is 5.56 Å². The number of hydrogen-bond donors (Lipinski definition) is 2. The number of aliphatic imine (C=N–C) groups is 1. The number of alkyl carbamates (subject to hydrolysis) is 1. The SMILES string of the molecule is C=CCOC(=O)N[C@@H]1CN(/C(=N\C#N)Nc2cccc(OCCN(C)C)c2)N=C1c1ccc(Cl)c(Cl)c1. The van der Waals surface area contributed by atoms with Crippen LogP contribution in [0.15, 0.2) is 65.2 Å². The molecule has 1 heterocycles. The highest BCUT2D eigenvalue weighted by Crippen LogP contribution is 2.26. The Hall–Kier alpha value is -3.78. The van der Waals surface area contributed by atoms with Crippen molar-refractivity contribution in [2.75, 3.05) is 45.7 Å². The minimum atomic E-state index is -0.645. The summed E-state index contributed by atoms with van der Waals surface area (Å²) >= 11 is 12.3. The molecule has 1 atom stereocenters. The molecule has 2 aromatic rings. The molecule has 2 aromatic carbocycles. The van der Waals surface area contributed by atoms with Gasteiger partial charge >= 0.3 is 6.09 Å². The van der Waals surface area contributed by atoms with Gasteiger partial charge in [-0.1, -0.05) is 48.0 Å². The standard InChI is InChI=1S/C25H27Cl2N7O3/c1-4-11-37-25(35)31-22-15-34(32-23(22)17-8-9-20(26)21(27)13-17)24(29-16-28)30-18-6-5-7-19(14-18)36-12-10-33(2)3/h4-9,13-14,22H,1,10-12,15H2,2-3H3,(H,29,30)(H,31,35)/t22-/m1/s1. The maximum atomic E-state index is 12.3. The molecule has 3 rings (SSSR count). The van der Waals surface area contributed by atoms with Gasteiger partial charge in [-0.15, -0.1) is 4.99 Å². The molecule has 1 amide bonds. The number of hydrogen-bond acceptors (Lipinski definition) is 7. The number of guanidine groups is 1. The molecule has 10 nitrogen and oxygen atoms in total. The van der Waals surface area contributed by atoms with Gasteiger partial charge in [0.1, 0.15) is 19.0 Å².